The van der Waals surface area contributed by atoms with Crippen LogP contribution < -0.4 is 10.6 Å². The van der Waals surface area contributed by atoms with E-state index in [1.54, 1.807) is 11.1 Å². The van der Waals surface area contributed by atoms with Crippen LogP contribution >= 0.6 is 0 Å². The van der Waals surface area contributed by atoms with Gasteiger partial charge in [0.05, 0.1) is 0 Å². The summed E-state index contributed by atoms with van der Waals surface area (Å²) in [6.07, 6.45) is 1.34. The van der Waals surface area contributed by atoms with Gasteiger partial charge < -0.3 is 25.2 Å². The van der Waals surface area contributed by atoms with Crippen molar-refractivity contribution in [2.75, 3.05) is 19.6 Å². The topological polar surface area (TPSA) is 73.9 Å². The second-order valence-electron chi connectivity index (χ2n) is 6.58. The van der Waals surface area contributed by atoms with Crippen LogP contribution in [0.1, 0.15) is 27.7 Å². The van der Waals surface area contributed by atoms with Gasteiger partial charge in [0.15, 0.2) is 0 Å². The Balaban J connectivity index is 2.00. The number of amides is 2. The van der Waals surface area contributed by atoms with Crippen LogP contribution in [0.25, 0.3) is 0 Å². The van der Waals surface area contributed by atoms with E-state index in [2.05, 4.69) is 17.2 Å². The predicted molar refractivity (Wildman–Crippen MR) is 82.5 cm³/mol. The molecule has 2 aliphatic rings. The highest BCUT2D eigenvalue weighted by Gasteiger charge is 2.33. The first-order valence-corrected chi connectivity index (χ1v) is 7.39. The molecule has 0 aromatic heterocycles. The first-order chi connectivity index (χ1) is 10.2. The van der Waals surface area contributed by atoms with Crippen molar-refractivity contribution in [3.63, 3.8) is 0 Å². The summed E-state index contributed by atoms with van der Waals surface area (Å²) in [6.45, 7) is 12.8. The number of nitrogens with zero attached hydrogens (tertiary/aromatic N) is 2. The van der Waals surface area contributed by atoms with Gasteiger partial charge in [-0.15, -0.1) is 0 Å². The van der Waals surface area contributed by atoms with Crippen LogP contribution in [-0.4, -0.2) is 53.1 Å². The molecule has 1 atom stereocenters. The summed E-state index contributed by atoms with van der Waals surface area (Å²) in [5.41, 5.74) is 0.0485. The molecule has 0 bridgehead atoms. The highest BCUT2D eigenvalue weighted by Crippen LogP contribution is 2.19. The van der Waals surface area contributed by atoms with Crippen molar-refractivity contribution < 1.29 is 14.3 Å². The van der Waals surface area contributed by atoms with Gasteiger partial charge in [-0.05, 0) is 27.7 Å². The summed E-state index contributed by atoms with van der Waals surface area (Å²) in [6, 6.07) is -0.0394. The third-order valence-electron chi connectivity index (χ3n) is 3.48. The first kappa shape index (κ1) is 16.2. The lowest BCUT2D eigenvalue weighted by Gasteiger charge is -2.42. The quantitative estimate of drug-likeness (QED) is 0.755. The second kappa shape index (κ2) is 5.90. The second-order valence-corrected chi connectivity index (χ2v) is 6.58. The molecule has 0 radical (unpaired) electrons. The maximum Gasteiger partial charge on any atom is 0.410 e. The molecule has 2 amide bonds. The van der Waals surface area contributed by atoms with E-state index in [0.29, 0.717) is 31.2 Å². The molecule has 0 aliphatic carbocycles. The Morgan fingerprint density at radius 1 is 1.41 bits per heavy atom. The molecule has 7 heteroatoms. The fourth-order valence-electron chi connectivity index (χ4n) is 2.46. The van der Waals surface area contributed by atoms with Crippen LogP contribution in [0, 0.1) is 0 Å². The fraction of sp³-hybridized carbons (Fsp3) is 0.600. The largest absolute Gasteiger partial charge is 0.444 e. The molecule has 0 spiro atoms. The van der Waals surface area contributed by atoms with Crippen molar-refractivity contribution in [3.8, 4) is 0 Å². The highest BCUT2D eigenvalue weighted by molar-refractivity contribution is 5.94. The van der Waals surface area contributed by atoms with E-state index < -0.39 is 5.60 Å². The van der Waals surface area contributed by atoms with E-state index in [1.165, 1.54) is 0 Å². The minimum atomic E-state index is -0.510. The molecular formula is C15H24N4O3. The number of hydrogen-bond donors (Lipinski definition) is 2. The molecule has 2 rings (SSSR count). The molecule has 0 aromatic rings. The van der Waals surface area contributed by atoms with Crippen LogP contribution in [0.15, 0.2) is 24.3 Å². The molecule has 1 saturated heterocycles. The summed E-state index contributed by atoms with van der Waals surface area (Å²) in [5, 5.41) is 5.55. The number of nitrogens with one attached hydrogen (secondary N) is 2. The van der Waals surface area contributed by atoms with Gasteiger partial charge in [0.2, 0.25) is 0 Å². The molecule has 2 heterocycles. The Bertz CT molecular complexity index is 521. The van der Waals surface area contributed by atoms with E-state index in [-0.39, 0.29) is 18.0 Å². The zero-order valence-corrected chi connectivity index (χ0v) is 13.6. The minimum absolute atomic E-state index is 0.0394. The van der Waals surface area contributed by atoms with Crippen molar-refractivity contribution in [2.45, 2.75) is 39.3 Å². The van der Waals surface area contributed by atoms with Gasteiger partial charge in [-0.2, -0.15) is 0 Å². The summed E-state index contributed by atoms with van der Waals surface area (Å²) in [7, 11) is 0. The maximum absolute atomic E-state index is 12.2. The van der Waals surface area contributed by atoms with Gasteiger partial charge in [0.25, 0.3) is 5.91 Å². The Morgan fingerprint density at radius 3 is 2.64 bits per heavy atom. The molecular weight excluding hydrogens is 284 g/mol. The van der Waals surface area contributed by atoms with Gasteiger partial charge in [0, 0.05) is 31.9 Å². The average Bonchev–Trinajstić information content (AvgIpc) is 2.36. The SMILES string of the molecule is C=C1NC=C(N2CCN(C(=O)OC(C)(C)C)[C@H](C)C2)C(=O)N1. The lowest BCUT2D eigenvalue weighted by molar-refractivity contribution is -0.119. The smallest absolute Gasteiger partial charge is 0.410 e. The van der Waals surface area contributed by atoms with Gasteiger partial charge in [-0.25, -0.2) is 4.79 Å². The van der Waals surface area contributed by atoms with E-state index >= 15 is 0 Å². The predicted octanol–water partition coefficient (Wildman–Crippen LogP) is 0.960. The summed E-state index contributed by atoms with van der Waals surface area (Å²) in [4.78, 5) is 27.8. The lowest BCUT2D eigenvalue weighted by atomic mass is 10.1. The minimum Gasteiger partial charge on any atom is -0.444 e. The van der Waals surface area contributed by atoms with Crippen LogP contribution in [0.2, 0.25) is 0 Å². The lowest BCUT2D eigenvalue weighted by Crippen LogP contribution is -2.56. The van der Waals surface area contributed by atoms with Crippen LogP contribution in [-0.2, 0) is 9.53 Å². The van der Waals surface area contributed by atoms with E-state index in [9.17, 15) is 9.59 Å². The zero-order chi connectivity index (χ0) is 16.5. The van der Waals surface area contributed by atoms with E-state index in [1.807, 2.05) is 32.6 Å². The maximum atomic E-state index is 12.2. The number of rotatable bonds is 1. The third-order valence-corrected chi connectivity index (χ3v) is 3.48. The molecule has 122 valence electrons. The molecule has 7 nitrogen and oxygen atoms in total. The van der Waals surface area contributed by atoms with Crippen LogP contribution in [0.4, 0.5) is 4.79 Å². The molecule has 0 aromatic carbocycles. The van der Waals surface area contributed by atoms with Crippen molar-refractivity contribution in [1.29, 1.82) is 0 Å². The normalized spacial score (nSPS) is 22.7. The number of hydrogen-bond acceptors (Lipinski definition) is 5. The first-order valence-electron chi connectivity index (χ1n) is 7.39. The van der Waals surface area contributed by atoms with Crippen molar-refractivity contribution in [3.05, 3.63) is 24.3 Å². The molecule has 0 saturated carbocycles. The van der Waals surface area contributed by atoms with Crippen molar-refractivity contribution in [2.24, 2.45) is 0 Å². The Morgan fingerprint density at radius 2 is 2.09 bits per heavy atom. The van der Waals surface area contributed by atoms with Gasteiger partial charge >= 0.3 is 6.09 Å². The third kappa shape index (κ3) is 3.72. The number of piperazine rings is 1. The Kier molecular flexibility index (Phi) is 4.35. The van der Waals surface area contributed by atoms with Crippen molar-refractivity contribution in [1.82, 2.24) is 20.4 Å². The number of carbonyl (C=O) groups excluding carboxylic acids is 2. The van der Waals surface area contributed by atoms with Gasteiger partial charge in [-0.3, -0.25) is 4.79 Å². The Hall–Kier alpha value is -2.18. The van der Waals surface area contributed by atoms with Gasteiger partial charge in [-0.1, -0.05) is 6.58 Å². The number of ether oxygens (including phenoxy) is 1. The molecule has 0 unspecified atom stereocenters. The van der Waals surface area contributed by atoms with E-state index in [0.717, 1.165) is 0 Å². The Labute approximate surface area is 131 Å². The van der Waals surface area contributed by atoms with Gasteiger partial charge in [0.1, 0.15) is 17.1 Å². The standard InChI is InChI=1S/C15H24N4O3/c1-10-9-18(12-8-16-11(2)17-13(12)20)6-7-19(10)14(21)22-15(3,4)5/h8,10,16H,2,6-7,9H2,1,3-5H3,(H,17,20)/t10-/m1/s1. The monoisotopic (exact) mass is 308 g/mol. The summed E-state index contributed by atoms with van der Waals surface area (Å²) < 4.78 is 5.41. The summed E-state index contributed by atoms with van der Waals surface area (Å²) in [5.74, 6) is 0.288. The highest BCUT2D eigenvalue weighted by atomic mass is 16.6. The fourth-order valence-corrected chi connectivity index (χ4v) is 2.46. The summed E-state index contributed by atoms with van der Waals surface area (Å²) >= 11 is 0. The number of carbonyl (C=O) groups is 2. The average molecular weight is 308 g/mol. The van der Waals surface area contributed by atoms with Crippen LogP contribution in [0.3, 0.4) is 0 Å². The zero-order valence-electron chi connectivity index (χ0n) is 13.6. The van der Waals surface area contributed by atoms with E-state index in [4.69, 9.17) is 4.74 Å². The molecule has 1 fully saturated rings. The van der Waals surface area contributed by atoms with Crippen molar-refractivity contribution >= 4 is 12.0 Å². The molecule has 2 aliphatic heterocycles. The molecule has 22 heavy (non-hydrogen) atoms. The van der Waals surface area contributed by atoms with Crippen LogP contribution in [0.5, 0.6) is 0 Å². The molecule has 2 N–H and O–H groups in total.